The number of guanidine groups is 1. The Balaban J connectivity index is 0.00000841. The van der Waals surface area contributed by atoms with Crippen molar-refractivity contribution in [2.45, 2.75) is 59.1 Å². The Labute approximate surface area is 197 Å². The van der Waals surface area contributed by atoms with E-state index in [9.17, 15) is 9.59 Å². The van der Waals surface area contributed by atoms with Gasteiger partial charge in [-0.2, -0.15) is 0 Å². The Morgan fingerprint density at radius 1 is 1.03 bits per heavy atom. The molecule has 8 nitrogen and oxygen atoms in total. The van der Waals surface area contributed by atoms with Crippen LogP contribution in [0.3, 0.4) is 0 Å². The van der Waals surface area contributed by atoms with Gasteiger partial charge in [-0.15, -0.1) is 24.0 Å². The first-order valence-electron chi connectivity index (χ1n) is 10.0. The van der Waals surface area contributed by atoms with Gasteiger partial charge in [-0.3, -0.25) is 9.79 Å². The maximum Gasteiger partial charge on any atom is 0.407 e. The van der Waals surface area contributed by atoms with Gasteiger partial charge in [-0.1, -0.05) is 19.1 Å². The average molecular weight is 533 g/mol. The molecular weight excluding hydrogens is 497 g/mol. The minimum atomic E-state index is -0.492. The maximum absolute atomic E-state index is 11.6. The van der Waals surface area contributed by atoms with Gasteiger partial charge >= 0.3 is 6.09 Å². The van der Waals surface area contributed by atoms with E-state index in [-0.39, 0.29) is 29.9 Å². The Bertz CT molecular complexity index is 672. The number of halogens is 1. The van der Waals surface area contributed by atoms with E-state index in [1.807, 2.05) is 52.0 Å². The van der Waals surface area contributed by atoms with Crippen LogP contribution in [0.4, 0.5) is 10.5 Å². The molecule has 1 aromatic carbocycles. The number of rotatable bonds is 9. The average Bonchev–Trinajstić information content (AvgIpc) is 2.64. The third kappa shape index (κ3) is 13.2. The molecule has 1 rings (SSSR count). The Hall–Kier alpha value is -2.04. The number of ether oxygens (including phenoxy) is 1. The van der Waals surface area contributed by atoms with Crippen molar-refractivity contribution in [2.24, 2.45) is 4.99 Å². The number of benzene rings is 1. The van der Waals surface area contributed by atoms with Crippen LogP contribution in [0.15, 0.2) is 29.3 Å². The van der Waals surface area contributed by atoms with Crippen LogP contribution in [0.25, 0.3) is 0 Å². The minimum Gasteiger partial charge on any atom is -0.444 e. The maximum atomic E-state index is 11.6. The van der Waals surface area contributed by atoms with E-state index in [1.54, 1.807) is 7.05 Å². The number of carbonyl (C=O) groups excluding carboxylic acids is 2. The first kappa shape index (κ1) is 28.0. The van der Waals surface area contributed by atoms with Crippen LogP contribution in [0.1, 0.15) is 52.5 Å². The second-order valence-electron chi connectivity index (χ2n) is 7.63. The molecule has 0 aromatic heterocycles. The summed E-state index contributed by atoms with van der Waals surface area (Å²) < 4.78 is 5.19. The molecule has 1 aromatic rings. The van der Waals surface area contributed by atoms with Gasteiger partial charge in [0.2, 0.25) is 5.91 Å². The normalized spacial score (nSPS) is 11.2. The summed E-state index contributed by atoms with van der Waals surface area (Å²) >= 11 is 0. The number of hydrogen-bond acceptors (Lipinski definition) is 4. The molecule has 0 heterocycles. The number of amides is 2. The third-order valence-electron chi connectivity index (χ3n) is 3.71. The van der Waals surface area contributed by atoms with Crippen molar-refractivity contribution in [3.63, 3.8) is 0 Å². The number of carbonyl (C=O) groups is 2. The smallest absolute Gasteiger partial charge is 0.407 e. The van der Waals surface area contributed by atoms with E-state index in [2.05, 4.69) is 26.3 Å². The Morgan fingerprint density at radius 2 is 1.67 bits per heavy atom. The topological polar surface area (TPSA) is 104 Å². The van der Waals surface area contributed by atoms with Crippen LogP contribution in [0.2, 0.25) is 0 Å². The number of nitrogens with zero attached hydrogens (tertiary/aromatic N) is 1. The fourth-order valence-electron chi connectivity index (χ4n) is 2.36. The van der Waals surface area contributed by atoms with Crippen molar-refractivity contribution in [3.8, 4) is 0 Å². The molecule has 30 heavy (non-hydrogen) atoms. The SMILES string of the molecule is CCCC(=O)Nc1ccc(CNC(=NC)NCCCNC(=O)OC(C)(C)C)cc1.I. The predicted molar refractivity (Wildman–Crippen MR) is 132 cm³/mol. The van der Waals surface area contributed by atoms with Gasteiger partial charge in [-0.25, -0.2) is 4.79 Å². The van der Waals surface area contributed by atoms with Crippen LogP contribution in [0.5, 0.6) is 0 Å². The highest BCUT2D eigenvalue weighted by atomic mass is 127. The molecule has 0 saturated carbocycles. The summed E-state index contributed by atoms with van der Waals surface area (Å²) in [6, 6.07) is 7.71. The molecule has 0 aliphatic carbocycles. The zero-order valence-electron chi connectivity index (χ0n) is 18.6. The summed E-state index contributed by atoms with van der Waals surface area (Å²) in [5.41, 5.74) is 1.38. The van der Waals surface area contributed by atoms with E-state index in [4.69, 9.17) is 4.74 Å². The van der Waals surface area contributed by atoms with Crippen molar-refractivity contribution >= 4 is 47.6 Å². The van der Waals surface area contributed by atoms with Crippen molar-refractivity contribution in [3.05, 3.63) is 29.8 Å². The largest absolute Gasteiger partial charge is 0.444 e. The second kappa shape index (κ2) is 14.9. The van der Waals surface area contributed by atoms with Gasteiger partial charge in [0, 0.05) is 38.8 Å². The monoisotopic (exact) mass is 533 g/mol. The van der Waals surface area contributed by atoms with Gasteiger partial charge in [0.15, 0.2) is 5.96 Å². The predicted octanol–water partition coefficient (Wildman–Crippen LogP) is 3.62. The number of alkyl carbamates (subject to hydrolysis) is 1. The highest BCUT2D eigenvalue weighted by Crippen LogP contribution is 2.10. The number of anilines is 1. The van der Waals surface area contributed by atoms with E-state index in [0.29, 0.717) is 32.0 Å². The lowest BCUT2D eigenvalue weighted by Gasteiger charge is -2.19. The van der Waals surface area contributed by atoms with E-state index < -0.39 is 11.7 Å². The Morgan fingerprint density at radius 3 is 2.23 bits per heavy atom. The zero-order chi connectivity index (χ0) is 21.7. The third-order valence-corrected chi connectivity index (χ3v) is 3.71. The summed E-state index contributed by atoms with van der Waals surface area (Å²) in [7, 11) is 1.71. The molecule has 0 fully saturated rings. The highest BCUT2D eigenvalue weighted by molar-refractivity contribution is 14.0. The van der Waals surface area contributed by atoms with Crippen LogP contribution in [-0.4, -0.2) is 43.7 Å². The summed E-state index contributed by atoms with van der Waals surface area (Å²) in [6.45, 7) is 9.27. The zero-order valence-corrected chi connectivity index (χ0v) is 21.0. The van der Waals surface area contributed by atoms with Crippen LogP contribution in [0, 0.1) is 0 Å². The van der Waals surface area contributed by atoms with Crippen molar-refractivity contribution in [1.82, 2.24) is 16.0 Å². The van der Waals surface area contributed by atoms with Crippen molar-refractivity contribution in [2.75, 3.05) is 25.5 Å². The number of nitrogens with one attached hydrogen (secondary N) is 4. The van der Waals surface area contributed by atoms with Gasteiger partial charge in [0.05, 0.1) is 0 Å². The quantitative estimate of drug-likeness (QED) is 0.168. The van der Waals surface area contributed by atoms with Gasteiger partial charge in [-0.05, 0) is 51.3 Å². The fraction of sp³-hybridized carbons (Fsp3) is 0.571. The highest BCUT2D eigenvalue weighted by Gasteiger charge is 2.15. The second-order valence-corrected chi connectivity index (χ2v) is 7.63. The standard InChI is InChI=1S/C21H35N5O3.HI/c1-6-8-18(27)26-17-11-9-16(10-12-17)15-25-19(22-5)23-13-7-14-24-20(28)29-21(2,3)4;/h9-12H,6-8,13-15H2,1-5H3,(H,24,28)(H,26,27)(H2,22,23,25);1H. The fourth-order valence-corrected chi connectivity index (χ4v) is 2.36. The molecule has 0 spiro atoms. The van der Waals surface area contributed by atoms with Gasteiger partial charge in [0.1, 0.15) is 5.60 Å². The van der Waals surface area contributed by atoms with E-state index in [1.165, 1.54) is 0 Å². The van der Waals surface area contributed by atoms with Crippen LogP contribution < -0.4 is 21.3 Å². The molecule has 2 amide bonds. The molecule has 0 saturated heterocycles. The molecule has 170 valence electrons. The summed E-state index contributed by atoms with van der Waals surface area (Å²) in [5, 5.41) is 12.0. The Kier molecular flexibility index (Phi) is 13.9. The molecule has 0 radical (unpaired) electrons. The summed E-state index contributed by atoms with van der Waals surface area (Å²) in [4.78, 5) is 27.4. The molecule has 0 aliphatic rings. The molecule has 0 bridgehead atoms. The van der Waals surface area contributed by atoms with Gasteiger partial charge in [0.25, 0.3) is 0 Å². The first-order valence-corrected chi connectivity index (χ1v) is 10.0. The number of hydrogen-bond donors (Lipinski definition) is 4. The van der Waals surface area contributed by atoms with E-state index in [0.717, 1.165) is 24.1 Å². The van der Waals surface area contributed by atoms with Crippen LogP contribution in [-0.2, 0) is 16.1 Å². The molecule has 4 N–H and O–H groups in total. The minimum absolute atomic E-state index is 0. The number of aliphatic imine (C=N–C) groups is 1. The lowest BCUT2D eigenvalue weighted by Crippen LogP contribution is -2.39. The molecule has 0 atom stereocenters. The van der Waals surface area contributed by atoms with Crippen molar-refractivity contribution < 1.29 is 14.3 Å². The molecule has 0 aliphatic heterocycles. The molecule has 0 unspecified atom stereocenters. The van der Waals surface area contributed by atoms with Crippen molar-refractivity contribution in [1.29, 1.82) is 0 Å². The molecule has 9 heteroatoms. The van der Waals surface area contributed by atoms with Crippen LogP contribution >= 0.6 is 24.0 Å². The summed E-state index contributed by atoms with van der Waals surface area (Å²) in [6.07, 6.45) is 1.69. The molecular formula is C21H36IN5O3. The lowest BCUT2D eigenvalue weighted by atomic mass is 10.2. The first-order chi connectivity index (χ1) is 13.7. The summed E-state index contributed by atoms with van der Waals surface area (Å²) in [5.74, 6) is 0.715. The van der Waals surface area contributed by atoms with E-state index >= 15 is 0 Å². The van der Waals surface area contributed by atoms with Gasteiger partial charge < -0.3 is 26.0 Å². The lowest BCUT2D eigenvalue weighted by molar-refractivity contribution is -0.116.